The number of hydrogen-bond acceptors (Lipinski definition) is 2. The van der Waals surface area contributed by atoms with Crippen molar-refractivity contribution in [2.24, 2.45) is 0 Å². The molecule has 2 heteroatoms. The van der Waals surface area contributed by atoms with Crippen molar-refractivity contribution in [3.05, 3.63) is 283 Å². The maximum Gasteiger partial charge on any atom is 0.143 e. The van der Waals surface area contributed by atoms with Gasteiger partial charge in [-0.05, 0) is 121 Å². The van der Waals surface area contributed by atoms with Gasteiger partial charge in [-0.3, -0.25) is 0 Å². The smallest absolute Gasteiger partial charge is 0.143 e. The minimum absolute atomic E-state index is 0.574. The van der Waals surface area contributed by atoms with Gasteiger partial charge in [0.25, 0.3) is 0 Å². The summed E-state index contributed by atoms with van der Waals surface area (Å²) in [5.74, 6) is 0. The van der Waals surface area contributed by atoms with Crippen LogP contribution in [0.3, 0.4) is 0 Å². The first kappa shape index (κ1) is 38.7. The van der Waals surface area contributed by atoms with Gasteiger partial charge >= 0.3 is 0 Å². The number of rotatable bonds is 8. The molecule has 13 rings (SSSR count). The van der Waals surface area contributed by atoms with E-state index in [9.17, 15) is 0 Å². The minimum Gasteiger partial charge on any atom is -0.455 e. The Bertz CT molecular complexity index is 3730. The molecule has 67 heavy (non-hydrogen) atoms. The van der Waals surface area contributed by atoms with E-state index in [1.165, 1.54) is 55.6 Å². The number of hydrogen-bond donors (Lipinski definition) is 0. The first-order valence-electron chi connectivity index (χ1n) is 23.1. The van der Waals surface area contributed by atoms with Crippen LogP contribution in [-0.4, -0.2) is 0 Å². The van der Waals surface area contributed by atoms with Gasteiger partial charge in [-0.25, -0.2) is 0 Å². The molecule has 2 nitrogen and oxygen atoms in total. The van der Waals surface area contributed by atoms with Crippen molar-refractivity contribution in [1.29, 1.82) is 0 Å². The molecular weight excluding hydrogens is 811 g/mol. The van der Waals surface area contributed by atoms with Gasteiger partial charge in [0.15, 0.2) is 0 Å². The third-order valence-corrected chi connectivity index (χ3v) is 13.9. The van der Waals surface area contributed by atoms with E-state index >= 15 is 0 Å². The highest BCUT2D eigenvalue weighted by Crippen LogP contribution is 2.59. The lowest BCUT2D eigenvalue weighted by atomic mass is 9.67. The van der Waals surface area contributed by atoms with E-state index in [-0.39, 0.29) is 0 Å². The van der Waals surface area contributed by atoms with Gasteiger partial charge in [0.05, 0.1) is 16.5 Å². The van der Waals surface area contributed by atoms with Gasteiger partial charge in [-0.15, -0.1) is 0 Å². The van der Waals surface area contributed by atoms with Crippen LogP contribution in [0.4, 0.5) is 17.1 Å². The van der Waals surface area contributed by atoms with Crippen molar-refractivity contribution < 1.29 is 4.42 Å². The lowest BCUT2D eigenvalue weighted by Gasteiger charge is -2.34. The average Bonchev–Trinajstić information content (AvgIpc) is 3.94. The van der Waals surface area contributed by atoms with Crippen LogP contribution in [0.25, 0.3) is 77.2 Å². The fourth-order valence-electron chi connectivity index (χ4n) is 11.1. The maximum atomic E-state index is 6.99. The molecule has 0 bridgehead atoms. The monoisotopic (exact) mass is 853 g/mol. The van der Waals surface area contributed by atoms with Crippen LogP contribution in [0.1, 0.15) is 22.3 Å². The highest BCUT2D eigenvalue weighted by Gasteiger charge is 2.47. The van der Waals surface area contributed by atoms with E-state index in [2.05, 4.69) is 266 Å². The zero-order valence-electron chi connectivity index (χ0n) is 36.7. The summed E-state index contributed by atoms with van der Waals surface area (Å²) < 4.78 is 6.99. The summed E-state index contributed by atoms with van der Waals surface area (Å²) in [5.41, 5.74) is 19.1. The highest BCUT2D eigenvalue weighted by atomic mass is 16.3. The molecule has 0 radical (unpaired) electrons. The third kappa shape index (κ3) is 6.11. The molecule has 0 amide bonds. The molecule has 0 fully saturated rings. The molecule has 0 saturated carbocycles. The molecule has 0 aliphatic heterocycles. The third-order valence-electron chi connectivity index (χ3n) is 13.9. The molecule has 0 saturated heterocycles. The van der Waals surface area contributed by atoms with E-state index in [4.69, 9.17) is 4.42 Å². The van der Waals surface area contributed by atoms with Gasteiger partial charge in [0, 0.05) is 22.1 Å². The molecule has 314 valence electrons. The normalized spacial score (nSPS) is 12.6. The van der Waals surface area contributed by atoms with E-state index in [1.807, 2.05) is 0 Å². The number of nitrogens with zero attached hydrogens (tertiary/aromatic N) is 1. The van der Waals surface area contributed by atoms with Crippen molar-refractivity contribution in [3.8, 4) is 44.5 Å². The van der Waals surface area contributed by atoms with Crippen LogP contribution in [0.2, 0.25) is 0 Å². The van der Waals surface area contributed by atoms with Crippen LogP contribution in [0.15, 0.2) is 265 Å². The van der Waals surface area contributed by atoms with Crippen LogP contribution in [0.5, 0.6) is 0 Å². The standard InChI is InChI=1S/C65H43NO/c1-6-20-44(21-7-1)45-36-39-51(40-37-45)66(50-28-14-5-15-29-50)60-34-19-35-61-63(60)57-43-56(53-30-16-17-31-54(53)64(57)67-61)47-38-41-55-59(42-47)65(48-24-10-3-11-25-48,49-26-12-4-13-27-49)58-33-18-32-52(62(55)58)46-22-8-2-9-23-46/h1-43H. The van der Waals surface area contributed by atoms with Crippen molar-refractivity contribution in [3.63, 3.8) is 0 Å². The maximum absolute atomic E-state index is 6.99. The zero-order valence-corrected chi connectivity index (χ0v) is 36.7. The van der Waals surface area contributed by atoms with E-state index in [0.29, 0.717) is 0 Å². The fraction of sp³-hybridized carbons (Fsp3) is 0.0154. The van der Waals surface area contributed by atoms with Gasteiger partial charge in [-0.2, -0.15) is 0 Å². The average molecular weight is 854 g/mol. The number of anilines is 3. The highest BCUT2D eigenvalue weighted by molar-refractivity contribution is 6.22. The molecule has 1 aliphatic carbocycles. The first-order chi connectivity index (χ1) is 33.3. The molecule has 0 unspecified atom stereocenters. The van der Waals surface area contributed by atoms with Gasteiger partial charge in [0.2, 0.25) is 0 Å². The number of para-hydroxylation sites is 1. The fourth-order valence-corrected chi connectivity index (χ4v) is 11.1. The molecule has 1 aromatic heterocycles. The zero-order chi connectivity index (χ0) is 44.3. The van der Waals surface area contributed by atoms with Gasteiger partial charge < -0.3 is 9.32 Å². The molecule has 12 aromatic rings. The Balaban J connectivity index is 1.07. The second kappa shape index (κ2) is 15.8. The molecular formula is C65H43NO. The van der Waals surface area contributed by atoms with Gasteiger partial charge in [0.1, 0.15) is 11.2 Å². The summed E-state index contributed by atoms with van der Waals surface area (Å²) >= 11 is 0. The van der Waals surface area contributed by atoms with Crippen LogP contribution in [-0.2, 0) is 5.41 Å². The summed E-state index contributed by atoms with van der Waals surface area (Å²) in [6.07, 6.45) is 0. The summed E-state index contributed by atoms with van der Waals surface area (Å²) in [5, 5.41) is 4.39. The van der Waals surface area contributed by atoms with E-state index < -0.39 is 5.41 Å². The molecule has 1 heterocycles. The largest absolute Gasteiger partial charge is 0.455 e. The second-order valence-corrected chi connectivity index (χ2v) is 17.5. The predicted octanol–water partition coefficient (Wildman–Crippen LogP) is 17.6. The molecule has 0 atom stereocenters. The quantitative estimate of drug-likeness (QED) is 0.151. The van der Waals surface area contributed by atoms with Crippen molar-refractivity contribution in [2.75, 3.05) is 4.90 Å². The van der Waals surface area contributed by atoms with Crippen molar-refractivity contribution in [1.82, 2.24) is 0 Å². The summed E-state index contributed by atoms with van der Waals surface area (Å²) in [7, 11) is 0. The Kier molecular flexibility index (Phi) is 9.11. The topological polar surface area (TPSA) is 16.4 Å². The first-order valence-corrected chi connectivity index (χ1v) is 23.1. The Morgan fingerprint density at radius 3 is 1.57 bits per heavy atom. The summed E-state index contributed by atoms with van der Waals surface area (Å²) in [4.78, 5) is 2.37. The number of furan rings is 1. The molecule has 0 spiro atoms. The van der Waals surface area contributed by atoms with Crippen LogP contribution < -0.4 is 4.90 Å². The Labute approximate surface area is 390 Å². The van der Waals surface area contributed by atoms with Crippen molar-refractivity contribution in [2.45, 2.75) is 5.41 Å². The predicted molar refractivity (Wildman–Crippen MR) is 280 cm³/mol. The van der Waals surface area contributed by atoms with E-state index in [1.54, 1.807) is 0 Å². The van der Waals surface area contributed by atoms with E-state index in [0.717, 1.165) is 60.9 Å². The number of benzene rings is 11. The second-order valence-electron chi connectivity index (χ2n) is 17.5. The Morgan fingerprint density at radius 2 is 0.881 bits per heavy atom. The minimum atomic E-state index is -0.574. The SMILES string of the molecule is c1ccc(-c2ccc(N(c3ccccc3)c3cccc4oc5c6ccccc6c(-c6ccc7c(c6)C(c6ccccc6)(c6ccccc6)c6cccc(-c8ccccc8)c6-7)cc5c34)cc2)cc1. The van der Waals surface area contributed by atoms with Gasteiger partial charge in [-0.1, -0.05) is 212 Å². The van der Waals surface area contributed by atoms with Crippen LogP contribution in [0, 0.1) is 0 Å². The molecule has 0 N–H and O–H groups in total. The lowest BCUT2D eigenvalue weighted by molar-refractivity contribution is 0.672. The summed E-state index contributed by atoms with van der Waals surface area (Å²) in [6, 6.07) is 94.9. The summed E-state index contributed by atoms with van der Waals surface area (Å²) in [6.45, 7) is 0. The number of fused-ring (bicyclic) bond motifs is 8. The molecule has 11 aromatic carbocycles. The molecule has 1 aliphatic rings. The Morgan fingerprint density at radius 1 is 0.328 bits per heavy atom. The van der Waals surface area contributed by atoms with Crippen LogP contribution >= 0.6 is 0 Å². The Hall–Kier alpha value is -8.72. The lowest BCUT2D eigenvalue weighted by Crippen LogP contribution is -2.28. The van der Waals surface area contributed by atoms with Crippen molar-refractivity contribution >= 4 is 49.8 Å².